The Labute approximate surface area is 131 Å². The molecular weight excluding hydrogens is 304 g/mol. The first-order valence-corrected chi connectivity index (χ1v) is 9.01. The predicted octanol–water partition coefficient (Wildman–Crippen LogP) is 0.670. The van der Waals surface area contributed by atoms with Gasteiger partial charge < -0.3 is 4.90 Å². The summed E-state index contributed by atoms with van der Waals surface area (Å²) < 4.78 is 28.7. The molecule has 0 aliphatic carbocycles. The van der Waals surface area contributed by atoms with Gasteiger partial charge in [0.05, 0.1) is 11.4 Å². The summed E-state index contributed by atoms with van der Waals surface area (Å²) in [5.41, 5.74) is 1.16. The highest BCUT2D eigenvalue weighted by Gasteiger charge is 2.33. The van der Waals surface area contributed by atoms with E-state index in [1.807, 2.05) is 6.92 Å². The van der Waals surface area contributed by atoms with Gasteiger partial charge in [0.1, 0.15) is 4.90 Å². The lowest BCUT2D eigenvalue weighted by Crippen LogP contribution is -2.50. The molecule has 1 aliphatic heterocycles. The van der Waals surface area contributed by atoms with Gasteiger partial charge in [0, 0.05) is 39.6 Å². The molecule has 2 heterocycles. The number of aromatic nitrogens is 2. The van der Waals surface area contributed by atoms with Gasteiger partial charge in [0.15, 0.2) is 0 Å². The number of carbonyl (C=O) groups is 1. The molecule has 0 N–H and O–H groups in total. The minimum absolute atomic E-state index is 0.105. The van der Waals surface area contributed by atoms with Gasteiger partial charge in [-0.2, -0.15) is 9.40 Å². The molecule has 1 aliphatic rings. The van der Waals surface area contributed by atoms with Crippen molar-refractivity contribution in [2.24, 2.45) is 7.05 Å². The minimum atomic E-state index is -3.55. The van der Waals surface area contributed by atoms with Gasteiger partial charge in [-0.3, -0.25) is 9.48 Å². The van der Waals surface area contributed by atoms with Crippen molar-refractivity contribution in [2.75, 3.05) is 26.2 Å². The summed E-state index contributed by atoms with van der Waals surface area (Å²) in [4.78, 5) is 13.9. The van der Waals surface area contributed by atoms with Crippen LogP contribution in [0, 0.1) is 13.8 Å². The Morgan fingerprint density at radius 1 is 1.18 bits per heavy atom. The van der Waals surface area contributed by atoms with Crippen molar-refractivity contribution in [3.63, 3.8) is 0 Å². The van der Waals surface area contributed by atoms with E-state index in [1.165, 1.54) is 4.31 Å². The van der Waals surface area contributed by atoms with Crippen molar-refractivity contribution < 1.29 is 13.2 Å². The largest absolute Gasteiger partial charge is 0.340 e. The number of amides is 1. The Morgan fingerprint density at radius 3 is 2.23 bits per heavy atom. The van der Waals surface area contributed by atoms with E-state index < -0.39 is 10.0 Å². The molecule has 124 valence electrons. The number of hydrogen-bond donors (Lipinski definition) is 0. The minimum Gasteiger partial charge on any atom is -0.340 e. The molecule has 22 heavy (non-hydrogen) atoms. The monoisotopic (exact) mass is 328 g/mol. The van der Waals surface area contributed by atoms with Crippen LogP contribution in [0.4, 0.5) is 0 Å². The third kappa shape index (κ3) is 3.03. The van der Waals surface area contributed by atoms with Crippen LogP contribution in [0.15, 0.2) is 4.90 Å². The first kappa shape index (κ1) is 17.0. The predicted molar refractivity (Wildman–Crippen MR) is 82.9 cm³/mol. The molecule has 1 aromatic rings. The van der Waals surface area contributed by atoms with Gasteiger partial charge in [-0.25, -0.2) is 8.42 Å². The van der Waals surface area contributed by atoms with Crippen LogP contribution in [0.5, 0.6) is 0 Å². The highest BCUT2D eigenvalue weighted by Crippen LogP contribution is 2.24. The van der Waals surface area contributed by atoms with Crippen LogP contribution in [0.2, 0.25) is 0 Å². The Bertz CT molecular complexity index is 658. The SMILES string of the molecule is CCCC(=O)N1CCN(S(=O)(=O)c2c(C)nn(C)c2C)CC1. The van der Waals surface area contributed by atoms with Crippen LogP contribution in [0.3, 0.4) is 0 Å². The zero-order chi connectivity index (χ0) is 16.5. The summed E-state index contributed by atoms with van der Waals surface area (Å²) in [6.07, 6.45) is 1.33. The lowest BCUT2D eigenvalue weighted by molar-refractivity contribution is -0.132. The van der Waals surface area contributed by atoms with Crippen LogP contribution in [0.1, 0.15) is 31.2 Å². The Morgan fingerprint density at radius 2 is 1.77 bits per heavy atom. The van der Waals surface area contributed by atoms with Gasteiger partial charge >= 0.3 is 0 Å². The van der Waals surface area contributed by atoms with Gasteiger partial charge in [-0.05, 0) is 20.3 Å². The molecule has 0 aromatic carbocycles. The molecule has 0 spiro atoms. The third-order valence-corrected chi connectivity index (χ3v) is 6.25. The molecule has 0 radical (unpaired) electrons. The van der Waals surface area contributed by atoms with Crippen LogP contribution in [-0.2, 0) is 21.9 Å². The molecule has 2 rings (SSSR count). The van der Waals surface area contributed by atoms with E-state index in [-0.39, 0.29) is 5.91 Å². The van der Waals surface area contributed by atoms with Gasteiger partial charge in [-0.15, -0.1) is 0 Å². The van der Waals surface area contributed by atoms with Crippen molar-refractivity contribution in [1.29, 1.82) is 0 Å². The second-order valence-corrected chi connectivity index (χ2v) is 7.53. The average Bonchev–Trinajstić information content (AvgIpc) is 2.73. The van der Waals surface area contributed by atoms with Gasteiger partial charge in [0.25, 0.3) is 0 Å². The Kier molecular flexibility index (Phi) is 4.91. The lowest BCUT2D eigenvalue weighted by Gasteiger charge is -2.34. The second kappa shape index (κ2) is 6.37. The van der Waals surface area contributed by atoms with Crippen LogP contribution in [0.25, 0.3) is 0 Å². The molecule has 1 aromatic heterocycles. The summed E-state index contributed by atoms with van der Waals surface area (Å²) in [5, 5.41) is 4.19. The summed E-state index contributed by atoms with van der Waals surface area (Å²) in [7, 11) is -1.81. The maximum atomic E-state index is 12.8. The fourth-order valence-corrected chi connectivity index (χ4v) is 4.63. The Balaban J connectivity index is 2.15. The number of carbonyl (C=O) groups excluding carboxylic acids is 1. The second-order valence-electron chi connectivity index (χ2n) is 5.66. The van der Waals surface area contributed by atoms with Crippen LogP contribution >= 0.6 is 0 Å². The molecular formula is C14H24N4O3S. The van der Waals surface area contributed by atoms with Crippen molar-refractivity contribution in [3.05, 3.63) is 11.4 Å². The maximum absolute atomic E-state index is 12.8. The quantitative estimate of drug-likeness (QED) is 0.814. The zero-order valence-electron chi connectivity index (χ0n) is 13.7. The Hall–Kier alpha value is -1.41. The van der Waals surface area contributed by atoms with E-state index in [2.05, 4.69) is 5.10 Å². The normalized spacial score (nSPS) is 17.0. The van der Waals surface area contributed by atoms with E-state index in [4.69, 9.17) is 0 Å². The first-order valence-electron chi connectivity index (χ1n) is 7.57. The molecule has 1 saturated heterocycles. The van der Waals surface area contributed by atoms with Crippen molar-refractivity contribution in [2.45, 2.75) is 38.5 Å². The van der Waals surface area contributed by atoms with Crippen LogP contribution in [-0.4, -0.2) is 59.5 Å². The number of rotatable bonds is 4. The number of aryl methyl sites for hydroxylation is 2. The molecule has 0 saturated carbocycles. The van der Waals surface area contributed by atoms with Crippen molar-refractivity contribution >= 4 is 15.9 Å². The summed E-state index contributed by atoms with van der Waals surface area (Å²) >= 11 is 0. The fourth-order valence-electron chi connectivity index (χ4n) is 2.81. The molecule has 7 nitrogen and oxygen atoms in total. The molecule has 1 fully saturated rings. The van der Waals surface area contributed by atoms with E-state index in [9.17, 15) is 13.2 Å². The average molecular weight is 328 g/mol. The van der Waals surface area contributed by atoms with Gasteiger partial charge in [-0.1, -0.05) is 6.92 Å². The molecule has 1 amide bonds. The number of hydrogen-bond acceptors (Lipinski definition) is 4. The summed E-state index contributed by atoms with van der Waals surface area (Å²) in [6, 6.07) is 0. The van der Waals surface area contributed by atoms with E-state index >= 15 is 0 Å². The highest BCUT2D eigenvalue weighted by atomic mass is 32.2. The number of piperazine rings is 1. The molecule has 8 heteroatoms. The van der Waals surface area contributed by atoms with E-state index in [0.29, 0.717) is 48.9 Å². The topological polar surface area (TPSA) is 75.5 Å². The van der Waals surface area contributed by atoms with E-state index in [1.54, 1.807) is 30.5 Å². The zero-order valence-corrected chi connectivity index (χ0v) is 14.5. The fraction of sp³-hybridized carbons (Fsp3) is 0.714. The summed E-state index contributed by atoms with van der Waals surface area (Å²) in [5.74, 6) is 0.105. The standard InChI is InChI=1S/C14H24N4O3S/c1-5-6-13(19)17-7-9-18(10-8-17)22(20,21)14-11(2)15-16(4)12(14)3/h5-10H2,1-4H3. The van der Waals surface area contributed by atoms with E-state index in [0.717, 1.165) is 6.42 Å². The number of nitrogens with zero attached hydrogens (tertiary/aromatic N) is 4. The molecule has 0 atom stereocenters. The van der Waals surface area contributed by atoms with Crippen molar-refractivity contribution in [3.8, 4) is 0 Å². The van der Waals surface area contributed by atoms with Gasteiger partial charge in [0.2, 0.25) is 15.9 Å². The molecule has 0 bridgehead atoms. The smallest absolute Gasteiger partial charge is 0.246 e. The highest BCUT2D eigenvalue weighted by molar-refractivity contribution is 7.89. The molecule has 0 unspecified atom stereocenters. The first-order chi connectivity index (χ1) is 10.3. The third-order valence-electron chi connectivity index (χ3n) is 4.10. The van der Waals surface area contributed by atoms with Crippen LogP contribution < -0.4 is 0 Å². The summed E-state index contributed by atoms with van der Waals surface area (Å²) in [6.45, 7) is 7.02. The lowest BCUT2D eigenvalue weighted by atomic mass is 10.2. The number of sulfonamides is 1. The van der Waals surface area contributed by atoms with Crippen molar-refractivity contribution in [1.82, 2.24) is 19.0 Å². The maximum Gasteiger partial charge on any atom is 0.246 e.